The summed E-state index contributed by atoms with van der Waals surface area (Å²) < 4.78 is 0. The number of carbonyl (C=O) groups excluding carboxylic acids is 1. The molecule has 0 saturated heterocycles. The molecule has 1 amide bonds. The van der Waals surface area contributed by atoms with E-state index in [2.05, 4.69) is 27.9 Å². The largest absolute Gasteiger partial charge is 0.353 e. The van der Waals surface area contributed by atoms with Gasteiger partial charge < -0.3 is 16.0 Å². The highest BCUT2D eigenvalue weighted by atomic mass is 16.1. The summed E-state index contributed by atoms with van der Waals surface area (Å²) >= 11 is 0. The van der Waals surface area contributed by atoms with E-state index < -0.39 is 0 Å². The van der Waals surface area contributed by atoms with Crippen molar-refractivity contribution in [2.75, 3.05) is 18.9 Å². The quantitative estimate of drug-likeness (QED) is 0.563. The van der Waals surface area contributed by atoms with Crippen LogP contribution in [0.1, 0.15) is 13.3 Å². The van der Waals surface area contributed by atoms with Gasteiger partial charge in [0.25, 0.3) is 0 Å². The number of para-hydroxylation sites is 1. The Bertz CT molecular complexity index is 458. The molecule has 1 aliphatic rings. The third-order valence-corrected chi connectivity index (χ3v) is 3.13. The zero-order valence-corrected chi connectivity index (χ0v) is 11.3. The van der Waals surface area contributed by atoms with Crippen molar-refractivity contribution >= 4 is 17.6 Å². The lowest BCUT2D eigenvalue weighted by Gasteiger charge is -2.11. The summed E-state index contributed by atoms with van der Waals surface area (Å²) in [5.41, 5.74) is 0.799. The molecular formula is C14H20N4O. The molecule has 1 fully saturated rings. The molecule has 2 atom stereocenters. The van der Waals surface area contributed by atoms with Crippen LogP contribution in [0.3, 0.4) is 0 Å². The van der Waals surface area contributed by atoms with Crippen molar-refractivity contribution in [3.63, 3.8) is 0 Å². The molecule has 0 spiro atoms. The predicted octanol–water partition coefficient (Wildman–Crippen LogP) is 1.20. The Balaban J connectivity index is 1.73. The van der Waals surface area contributed by atoms with Crippen molar-refractivity contribution in [2.24, 2.45) is 10.9 Å². The van der Waals surface area contributed by atoms with Gasteiger partial charge in [-0.3, -0.25) is 9.79 Å². The van der Waals surface area contributed by atoms with Gasteiger partial charge in [0, 0.05) is 18.8 Å². The van der Waals surface area contributed by atoms with Crippen LogP contribution in [0.15, 0.2) is 35.3 Å². The molecule has 5 heteroatoms. The van der Waals surface area contributed by atoms with Gasteiger partial charge >= 0.3 is 0 Å². The average molecular weight is 260 g/mol. The molecular weight excluding hydrogens is 240 g/mol. The molecule has 1 aliphatic carbocycles. The van der Waals surface area contributed by atoms with E-state index >= 15 is 0 Å². The van der Waals surface area contributed by atoms with Crippen molar-refractivity contribution in [2.45, 2.75) is 19.4 Å². The zero-order chi connectivity index (χ0) is 13.7. The second-order valence-corrected chi connectivity index (χ2v) is 4.80. The molecule has 102 valence electrons. The van der Waals surface area contributed by atoms with Gasteiger partial charge in [0.1, 0.15) is 0 Å². The lowest BCUT2D eigenvalue weighted by atomic mass is 10.3. The van der Waals surface area contributed by atoms with E-state index in [-0.39, 0.29) is 12.5 Å². The Morgan fingerprint density at radius 2 is 2.05 bits per heavy atom. The van der Waals surface area contributed by atoms with Gasteiger partial charge in [-0.2, -0.15) is 0 Å². The summed E-state index contributed by atoms with van der Waals surface area (Å²) in [6, 6.07) is 9.89. The maximum atomic E-state index is 11.7. The van der Waals surface area contributed by atoms with Crippen LogP contribution < -0.4 is 16.0 Å². The van der Waals surface area contributed by atoms with Crippen LogP contribution in [0.2, 0.25) is 0 Å². The van der Waals surface area contributed by atoms with Crippen molar-refractivity contribution in [3.8, 4) is 0 Å². The summed E-state index contributed by atoms with van der Waals surface area (Å²) in [5.74, 6) is 1.28. The Labute approximate surface area is 113 Å². The second-order valence-electron chi connectivity index (χ2n) is 4.80. The van der Waals surface area contributed by atoms with Crippen LogP contribution in [0.5, 0.6) is 0 Å². The van der Waals surface area contributed by atoms with Gasteiger partial charge in [-0.25, -0.2) is 0 Å². The summed E-state index contributed by atoms with van der Waals surface area (Å²) in [6.45, 7) is 2.39. The van der Waals surface area contributed by atoms with E-state index in [0.29, 0.717) is 17.9 Å². The Morgan fingerprint density at radius 3 is 2.63 bits per heavy atom. The van der Waals surface area contributed by atoms with E-state index in [9.17, 15) is 4.79 Å². The number of hydrogen-bond donors (Lipinski definition) is 3. The first-order chi connectivity index (χ1) is 9.19. The number of nitrogens with one attached hydrogen (secondary N) is 3. The highest BCUT2D eigenvalue weighted by Crippen LogP contribution is 2.28. The minimum absolute atomic E-state index is 0.0852. The van der Waals surface area contributed by atoms with E-state index in [0.717, 1.165) is 12.1 Å². The molecule has 19 heavy (non-hydrogen) atoms. The monoisotopic (exact) mass is 260 g/mol. The fraction of sp³-hybridized carbons (Fsp3) is 0.429. The van der Waals surface area contributed by atoms with Crippen molar-refractivity contribution in [3.05, 3.63) is 30.3 Å². The molecule has 0 bridgehead atoms. The number of hydrogen-bond acceptors (Lipinski definition) is 2. The van der Waals surface area contributed by atoms with Gasteiger partial charge in [-0.15, -0.1) is 0 Å². The van der Waals surface area contributed by atoms with Crippen molar-refractivity contribution in [1.82, 2.24) is 10.6 Å². The third kappa shape index (κ3) is 4.28. The number of benzene rings is 1. The Kier molecular flexibility index (Phi) is 4.39. The predicted molar refractivity (Wildman–Crippen MR) is 77.1 cm³/mol. The lowest BCUT2D eigenvalue weighted by molar-refractivity contribution is -0.115. The number of rotatable bonds is 4. The summed E-state index contributed by atoms with van der Waals surface area (Å²) in [7, 11) is 1.71. The SMILES string of the molecule is CN=C(NCC(=O)Nc1ccccc1)NC1CC1C. The molecule has 0 aromatic heterocycles. The molecule has 1 saturated carbocycles. The number of carbonyl (C=O) groups is 1. The minimum atomic E-state index is -0.0852. The molecule has 2 unspecified atom stereocenters. The molecule has 5 nitrogen and oxygen atoms in total. The number of aliphatic imine (C=N–C) groups is 1. The first kappa shape index (κ1) is 13.4. The van der Waals surface area contributed by atoms with Crippen LogP contribution in [0, 0.1) is 5.92 Å². The molecule has 1 aromatic rings. The highest BCUT2D eigenvalue weighted by molar-refractivity contribution is 5.95. The molecule has 1 aromatic carbocycles. The number of anilines is 1. The summed E-state index contributed by atoms with van der Waals surface area (Å²) in [5, 5.41) is 9.09. The maximum Gasteiger partial charge on any atom is 0.243 e. The van der Waals surface area contributed by atoms with Gasteiger partial charge in [0.15, 0.2) is 5.96 Å². The number of amides is 1. The summed E-state index contributed by atoms with van der Waals surface area (Å²) in [4.78, 5) is 15.8. The molecule has 0 aliphatic heterocycles. The van der Waals surface area contributed by atoms with E-state index in [1.165, 1.54) is 0 Å². The Hall–Kier alpha value is -2.04. The number of guanidine groups is 1. The fourth-order valence-corrected chi connectivity index (χ4v) is 1.78. The normalized spacial score (nSPS) is 21.7. The van der Waals surface area contributed by atoms with Gasteiger partial charge in [-0.05, 0) is 24.5 Å². The number of nitrogens with zero attached hydrogens (tertiary/aromatic N) is 1. The molecule has 3 N–H and O–H groups in total. The topological polar surface area (TPSA) is 65.5 Å². The average Bonchev–Trinajstić information content (AvgIpc) is 3.11. The van der Waals surface area contributed by atoms with Crippen molar-refractivity contribution < 1.29 is 4.79 Å². The second kappa shape index (κ2) is 6.22. The smallest absolute Gasteiger partial charge is 0.243 e. The fourth-order valence-electron chi connectivity index (χ4n) is 1.78. The Morgan fingerprint density at radius 1 is 1.37 bits per heavy atom. The summed E-state index contributed by atoms with van der Waals surface area (Å²) in [6.07, 6.45) is 1.16. The van der Waals surface area contributed by atoms with Crippen LogP contribution in [0.25, 0.3) is 0 Å². The minimum Gasteiger partial charge on any atom is -0.353 e. The molecule has 0 radical (unpaired) electrons. The highest BCUT2D eigenvalue weighted by Gasteiger charge is 2.33. The van der Waals surface area contributed by atoms with Crippen LogP contribution >= 0.6 is 0 Å². The van der Waals surface area contributed by atoms with Crippen LogP contribution in [0.4, 0.5) is 5.69 Å². The first-order valence-electron chi connectivity index (χ1n) is 6.51. The van der Waals surface area contributed by atoms with E-state index in [1.807, 2.05) is 30.3 Å². The van der Waals surface area contributed by atoms with Crippen LogP contribution in [-0.4, -0.2) is 31.5 Å². The van der Waals surface area contributed by atoms with Gasteiger partial charge in [0.05, 0.1) is 6.54 Å². The van der Waals surface area contributed by atoms with Crippen LogP contribution in [-0.2, 0) is 4.79 Å². The third-order valence-electron chi connectivity index (χ3n) is 3.13. The molecule has 2 rings (SSSR count). The van der Waals surface area contributed by atoms with E-state index in [1.54, 1.807) is 7.05 Å². The molecule has 0 heterocycles. The van der Waals surface area contributed by atoms with Crippen molar-refractivity contribution in [1.29, 1.82) is 0 Å². The standard InChI is InChI=1S/C14H20N4O/c1-10-8-12(10)18-14(15-2)16-9-13(19)17-11-6-4-3-5-7-11/h3-7,10,12H,8-9H2,1-2H3,(H,17,19)(H2,15,16,18). The zero-order valence-electron chi connectivity index (χ0n) is 11.3. The van der Waals surface area contributed by atoms with Gasteiger partial charge in [-0.1, -0.05) is 25.1 Å². The maximum absolute atomic E-state index is 11.7. The first-order valence-corrected chi connectivity index (χ1v) is 6.51. The van der Waals surface area contributed by atoms with Gasteiger partial charge in [0.2, 0.25) is 5.91 Å². The lowest BCUT2D eigenvalue weighted by Crippen LogP contribution is -2.42. The van der Waals surface area contributed by atoms with E-state index in [4.69, 9.17) is 0 Å².